The number of nitrogen functional groups attached to an aromatic ring is 1. The maximum absolute atomic E-state index is 8.97. The maximum Gasteiger partial charge on any atom is 0.165 e. The van der Waals surface area contributed by atoms with Crippen molar-refractivity contribution in [3.8, 4) is 6.07 Å². The van der Waals surface area contributed by atoms with Gasteiger partial charge >= 0.3 is 0 Å². The molecule has 2 N–H and O–H groups in total. The van der Waals surface area contributed by atoms with Crippen molar-refractivity contribution in [2.75, 3.05) is 43.4 Å². The molecular formula is C14H19N5. The molecule has 1 saturated carbocycles. The number of nitrogens with zero attached hydrogens (tertiary/aromatic N) is 4. The van der Waals surface area contributed by atoms with Gasteiger partial charge in [0.1, 0.15) is 11.9 Å². The minimum Gasteiger partial charge on any atom is -0.396 e. The van der Waals surface area contributed by atoms with Gasteiger partial charge in [-0.3, -0.25) is 4.90 Å². The van der Waals surface area contributed by atoms with Crippen molar-refractivity contribution in [2.24, 2.45) is 5.92 Å². The molecule has 1 saturated heterocycles. The summed E-state index contributed by atoms with van der Waals surface area (Å²) in [7, 11) is 0. The number of nitrogens with two attached hydrogens (primary N) is 1. The first-order chi connectivity index (χ1) is 9.26. The maximum atomic E-state index is 8.97. The molecule has 5 nitrogen and oxygen atoms in total. The topological polar surface area (TPSA) is 69.2 Å². The third-order valence-corrected chi connectivity index (χ3v) is 3.93. The van der Waals surface area contributed by atoms with Crippen LogP contribution >= 0.6 is 0 Å². The molecule has 5 heteroatoms. The van der Waals surface area contributed by atoms with E-state index in [4.69, 9.17) is 11.0 Å². The van der Waals surface area contributed by atoms with E-state index in [1.807, 2.05) is 12.1 Å². The third-order valence-electron chi connectivity index (χ3n) is 3.93. The predicted molar refractivity (Wildman–Crippen MR) is 74.7 cm³/mol. The molecule has 2 aliphatic rings. The van der Waals surface area contributed by atoms with Gasteiger partial charge < -0.3 is 10.6 Å². The van der Waals surface area contributed by atoms with E-state index in [-0.39, 0.29) is 0 Å². The molecule has 1 aromatic rings. The van der Waals surface area contributed by atoms with Gasteiger partial charge in [0.2, 0.25) is 0 Å². The van der Waals surface area contributed by atoms with Crippen molar-refractivity contribution in [2.45, 2.75) is 12.8 Å². The fraction of sp³-hybridized carbons (Fsp3) is 0.571. The first kappa shape index (κ1) is 12.2. The number of aromatic nitrogens is 1. The second kappa shape index (κ2) is 5.06. The molecule has 0 aromatic carbocycles. The first-order valence-electron chi connectivity index (χ1n) is 6.90. The van der Waals surface area contributed by atoms with Gasteiger partial charge in [0.05, 0.1) is 5.69 Å². The van der Waals surface area contributed by atoms with Crippen molar-refractivity contribution >= 4 is 11.5 Å². The second-order valence-corrected chi connectivity index (χ2v) is 5.45. The highest BCUT2D eigenvalue weighted by Gasteiger charge is 2.26. The molecule has 0 atom stereocenters. The van der Waals surface area contributed by atoms with Crippen molar-refractivity contribution < 1.29 is 0 Å². The highest BCUT2D eigenvalue weighted by atomic mass is 15.3. The van der Waals surface area contributed by atoms with Crippen LogP contribution in [0.3, 0.4) is 0 Å². The monoisotopic (exact) mass is 257 g/mol. The summed E-state index contributed by atoms with van der Waals surface area (Å²) >= 11 is 0. The van der Waals surface area contributed by atoms with Crippen LogP contribution in [0.1, 0.15) is 18.5 Å². The highest BCUT2D eigenvalue weighted by Crippen LogP contribution is 2.30. The van der Waals surface area contributed by atoms with Crippen LogP contribution in [0.5, 0.6) is 0 Å². The fourth-order valence-corrected chi connectivity index (χ4v) is 2.55. The number of rotatable bonds is 3. The standard InChI is InChI=1S/C14H19N5/c15-9-13-12(16)3-4-14(17-13)19-7-5-18(6-8-19)10-11-1-2-11/h3-4,11H,1-2,5-8,10,16H2. The van der Waals surface area contributed by atoms with E-state index in [1.165, 1.54) is 19.4 Å². The van der Waals surface area contributed by atoms with E-state index in [0.717, 1.165) is 37.9 Å². The van der Waals surface area contributed by atoms with Crippen LogP contribution in [0.15, 0.2) is 12.1 Å². The van der Waals surface area contributed by atoms with E-state index < -0.39 is 0 Å². The van der Waals surface area contributed by atoms with Gasteiger partial charge in [-0.05, 0) is 30.9 Å². The average molecular weight is 257 g/mol. The number of pyridine rings is 1. The summed E-state index contributed by atoms with van der Waals surface area (Å²) in [4.78, 5) is 9.11. The molecule has 2 heterocycles. The molecule has 1 aliphatic carbocycles. The molecule has 0 amide bonds. The van der Waals surface area contributed by atoms with Gasteiger partial charge in [0.15, 0.2) is 5.69 Å². The Morgan fingerprint density at radius 2 is 2.00 bits per heavy atom. The van der Waals surface area contributed by atoms with Gasteiger partial charge in [0, 0.05) is 32.7 Å². The number of hydrogen-bond acceptors (Lipinski definition) is 5. The normalized spacial score (nSPS) is 20.3. The van der Waals surface area contributed by atoms with E-state index in [0.29, 0.717) is 11.4 Å². The smallest absolute Gasteiger partial charge is 0.165 e. The zero-order valence-electron chi connectivity index (χ0n) is 11.0. The van der Waals surface area contributed by atoms with Gasteiger partial charge in [-0.2, -0.15) is 5.26 Å². The van der Waals surface area contributed by atoms with Gasteiger partial charge in [-0.1, -0.05) is 0 Å². The summed E-state index contributed by atoms with van der Waals surface area (Å²) in [6, 6.07) is 5.73. The Labute approximate surface area is 113 Å². The lowest BCUT2D eigenvalue weighted by atomic mass is 10.2. The minimum absolute atomic E-state index is 0.331. The summed E-state index contributed by atoms with van der Waals surface area (Å²) in [5, 5.41) is 8.97. The summed E-state index contributed by atoms with van der Waals surface area (Å²) in [6.07, 6.45) is 2.82. The third kappa shape index (κ3) is 2.79. The summed E-state index contributed by atoms with van der Waals surface area (Å²) in [5.41, 5.74) is 6.49. The Bertz CT molecular complexity index is 495. The zero-order chi connectivity index (χ0) is 13.2. The molecule has 0 spiro atoms. The van der Waals surface area contributed by atoms with Crippen LogP contribution in [-0.4, -0.2) is 42.6 Å². The van der Waals surface area contributed by atoms with E-state index in [2.05, 4.69) is 14.8 Å². The summed E-state index contributed by atoms with van der Waals surface area (Å²) < 4.78 is 0. The quantitative estimate of drug-likeness (QED) is 0.877. The zero-order valence-corrected chi connectivity index (χ0v) is 11.0. The van der Waals surface area contributed by atoms with Gasteiger partial charge in [-0.15, -0.1) is 0 Å². The Balaban J connectivity index is 1.62. The average Bonchev–Trinajstić information content (AvgIpc) is 3.24. The lowest BCUT2D eigenvalue weighted by Crippen LogP contribution is -2.47. The van der Waals surface area contributed by atoms with Gasteiger partial charge in [-0.25, -0.2) is 4.98 Å². The van der Waals surface area contributed by atoms with E-state index >= 15 is 0 Å². The number of nitriles is 1. The number of piperazine rings is 1. The molecule has 0 bridgehead atoms. The lowest BCUT2D eigenvalue weighted by molar-refractivity contribution is 0.247. The Morgan fingerprint density at radius 1 is 1.26 bits per heavy atom. The van der Waals surface area contributed by atoms with E-state index in [9.17, 15) is 0 Å². The molecule has 0 radical (unpaired) electrons. The van der Waals surface area contributed by atoms with Crippen LogP contribution in [0.4, 0.5) is 11.5 Å². The second-order valence-electron chi connectivity index (χ2n) is 5.45. The molecular weight excluding hydrogens is 238 g/mol. The van der Waals surface area contributed by atoms with E-state index in [1.54, 1.807) is 6.07 Å². The van der Waals surface area contributed by atoms with Crippen molar-refractivity contribution in [3.05, 3.63) is 17.8 Å². The Kier molecular flexibility index (Phi) is 3.26. The lowest BCUT2D eigenvalue weighted by Gasteiger charge is -2.35. The van der Waals surface area contributed by atoms with Crippen molar-refractivity contribution in [3.63, 3.8) is 0 Å². The fourth-order valence-electron chi connectivity index (χ4n) is 2.55. The van der Waals surface area contributed by atoms with Gasteiger partial charge in [0.25, 0.3) is 0 Å². The number of anilines is 2. The first-order valence-corrected chi connectivity index (χ1v) is 6.90. The highest BCUT2D eigenvalue weighted by molar-refractivity contribution is 5.55. The molecule has 1 aliphatic heterocycles. The summed E-state index contributed by atoms with van der Waals surface area (Å²) in [6.45, 7) is 5.39. The molecule has 3 rings (SSSR count). The van der Waals surface area contributed by atoms with Crippen molar-refractivity contribution in [1.82, 2.24) is 9.88 Å². The van der Waals surface area contributed by atoms with Crippen LogP contribution in [0.2, 0.25) is 0 Å². The number of hydrogen-bond donors (Lipinski definition) is 1. The Hall–Kier alpha value is -1.80. The molecule has 2 fully saturated rings. The molecule has 0 unspecified atom stereocenters. The van der Waals surface area contributed by atoms with Crippen LogP contribution in [0.25, 0.3) is 0 Å². The minimum atomic E-state index is 0.331. The molecule has 1 aromatic heterocycles. The Morgan fingerprint density at radius 3 is 2.63 bits per heavy atom. The SMILES string of the molecule is N#Cc1nc(N2CCN(CC3CC3)CC2)ccc1N. The predicted octanol–water partition coefficient (Wildman–Crippen LogP) is 1.07. The van der Waals surface area contributed by atoms with Crippen LogP contribution < -0.4 is 10.6 Å². The van der Waals surface area contributed by atoms with Crippen molar-refractivity contribution in [1.29, 1.82) is 5.26 Å². The van der Waals surface area contributed by atoms with Crippen LogP contribution in [0, 0.1) is 17.2 Å². The summed E-state index contributed by atoms with van der Waals surface area (Å²) in [5.74, 6) is 1.82. The van der Waals surface area contributed by atoms with Crippen LogP contribution in [-0.2, 0) is 0 Å². The largest absolute Gasteiger partial charge is 0.396 e. The molecule has 19 heavy (non-hydrogen) atoms. The molecule has 100 valence electrons.